The van der Waals surface area contributed by atoms with E-state index in [-0.39, 0.29) is 5.56 Å². The number of methoxy groups -OCH3 is 1. The van der Waals surface area contributed by atoms with E-state index in [1.807, 2.05) is 19.1 Å². The molecule has 2 aromatic rings. The van der Waals surface area contributed by atoms with Gasteiger partial charge in [-0.15, -0.1) is 0 Å². The summed E-state index contributed by atoms with van der Waals surface area (Å²) in [6, 6.07) is 7.23. The lowest BCUT2D eigenvalue weighted by atomic mass is 10.1. The van der Waals surface area contributed by atoms with Gasteiger partial charge in [-0.05, 0) is 52.3 Å². The summed E-state index contributed by atoms with van der Waals surface area (Å²) in [7, 11) is 1.60. The Kier molecular flexibility index (Phi) is 5.75. The minimum Gasteiger partial charge on any atom is -0.494 e. The Labute approximate surface area is 124 Å². The molecule has 0 aliphatic rings. The van der Waals surface area contributed by atoms with E-state index in [0.717, 1.165) is 22.2 Å². The zero-order chi connectivity index (χ0) is 14.6. The van der Waals surface area contributed by atoms with Gasteiger partial charge in [0, 0.05) is 11.5 Å². The molecule has 0 saturated carbocycles. The van der Waals surface area contributed by atoms with Gasteiger partial charge in [0.2, 0.25) is 5.56 Å². The van der Waals surface area contributed by atoms with E-state index in [0.29, 0.717) is 0 Å². The number of hydrogen-bond acceptors (Lipinski definition) is 3. The third-order valence-corrected chi connectivity index (χ3v) is 2.25. The van der Waals surface area contributed by atoms with Crippen molar-refractivity contribution in [1.82, 2.24) is 4.98 Å². The van der Waals surface area contributed by atoms with Gasteiger partial charge < -0.3 is 9.72 Å². The number of nitrogens with one attached hydrogen (secondary N) is 1. The number of aryl methyl sites for hydroxylation is 1. The van der Waals surface area contributed by atoms with Crippen molar-refractivity contribution >= 4 is 49.8 Å². The van der Waals surface area contributed by atoms with Crippen LogP contribution >= 0.6 is 38.9 Å². The topological polar surface area (TPSA) is 59.2 Å². The van der Waals surface area contributed by atoms with Crippen LogP contribution in [0.4, 0.5) is 0 Å². The van der Waals surface area contributed by atoms with E-state index in [4.69, 9.17) is 4.74 Å². The summed E-state index contributed by atoms with van der Waals surface area (Å²) in [5, 5.41) is -2.24. The van der Waals surface area contributed by atoms with Crippen LogP contribution in [0.15, 0.2) is 29.1 Å². The third kappa shape index (κ3) is 5.45. The zero-order valence-electron chi connectivity index (χ0n) is 10.1. The van der Waals surface area contributed by atoms with Crippen molar-refractivity contribution in [2.75, 3.05) is 7.11 Å². The van der Waals surface area contributed by atoms with Gasteiger partial charge in [-0.2, -0.15) is 0 Å². The van der Waals surface area contributed by atoms with Gasteiger partial charge in [0.15, 0.2) is 0 Å². The number of halogens is 3. The van der Waals surface area contributed by atoms with Gasteiger partial charge in [-0.25, -0.2) is 0 Å². The average Bonchev–Trinajstić information content (AvgIpc) is 2.26. The molecule has 104 valence electrons. The fraction of sp³-hybridized carbons (Fsp3) is 0.182. The molecule has 0 saturated heterocycles. The van der Waals surface area contributed by atoms with Gasteiger partial charge in [0.05, 0.1) is 12.6 Å². The maximum atomic E-state index is 11.2. The van der Waals surface area contributed by atoms with Crippen LogP contribution in [0.5, 0.6) is 5.75 Å². The van der Waals surface area contributed by atoms with Crippen molar-refractivity contribution in [2.24, 2.45) is 0 Å². The largest absolute Gasteiger partial charge is 0.494 e. The first-order chi connectivity index (χ1) is 8.72. The molecule has 0 bridgehead atoms. The number of H-pyrrole nitrogens is 1. The normalized spacial score (nSPS) is 10.8. The molecule has 2 rings (SSSR count). The first-order valence-corrected chi connectivity index (χ1v) is 9.50. The number of pyridine rings is 1. The van der Waals surface area contributed by atoms with E-state index in [9.17, 15) is 9.36 Å². The van der Waals surface area contributed by atoms with Crippen LogP contribution in [0, 0.1) is 6.92 Å². The lowest BCUT2D eigenvalue weighted by molar-refractivity contribution is 0.416. The van der Waals surface area contributed by atoms with E-state index < -0.39 is 5.20 Å². The van der Waals surface area contributed by atoms with Gasteiger partial charge >= 0.3 is 5.20 Å². The first kappa shape index (κ1) is 16.4. The second-order valence-corrected chi connectivity index (χ2v) is 10.2. The van der Waals surface area contributed by atoms with Crippen molar-refractivity contribution in [3.05, 3.63) is 40.2 Å². The van der Waals surface area contributed by atoms with Crippen molar-refractivity contribution in [3.63, 3.8) is 0 Å². The van der Waals surface area contributed by atoms with Crippen LogP contribution in [-0.2, 0) is 4.57 Å². The minimum atomic E-state index is -3.22. The third-order valence-electron chi connectivity index (χ3n) is 2.25. The van der Waals surface area contributed by atoms with E-state index in [1.165, 1.54) is 6.07 Å². The van der Waals surface area contributed by atoms with E-state index in [2.05, 4.69) is 38.7 Å². The quantitative estimate of drug-likeness (QED) is 0.767. The van der Waals surface area contributed by atoms with Crippen molar-refractivity contribution in [3.8, 4) is 5.75 Å². The predicted octanol–water partition coefficient (Wildman–Crippen LogP) is 4.66. The molecule has 0 radical (unpaired) electrons. The van der Waals surface area contributed by atoms with E-state index >= 15 is 0 Å². The van der Waals surface area contributed by atoms with Crippen LogP contribution in [-0.4, -0.2) is 12.1 Å². The van der Waals surface area contributed by atoms with Crippen LogP contribution in [0.2, 0.25) is 0 Å². The number of aromatic amines is 1. The number of ether oxygens (including phenoxy) is 1. The summed E-state index contributed by atoms with van der Waals surface area (Å²) in [5.74, 6) is 0.736. The second-order valence-electron chi connectivity index (χ2n) is 3.60. The summed E-state index contributed by atoms with van der Waals surface area (Å²) in [6.07, 6.45) is 0. The minimum absolute atomic E-state index is 0.110. The molecule has 0 fully saturated rings. The number of benzene rings is 1. The number of rotatable bonds is 1. The molecule has 19 heavy (non-hydrogen) atoms. The molecule has 1 aromatic carbocycles. The van der Waals surface area contributed by atoms with Gasteiger partial charge in [0.1, 0.15) is 5.75 Å². The number of hydrogen-bond donors (Lipinski definition) is 1. The van der Waals surface area contributed by atoms with Crippen LogP contribution in [0.25, 0.3) is 10.9 Å². The predicted molar refractivity (Wildman–Crippen MR) is 81.0 cm³/mol. The van der Waals surface area contributed by atoms with E-state index in [1.54, 1.807) is 13.2 Å². The molecule has 0 unspecified atom stereocenters. The van der Waals surface area contributed by atoms with Gasteiger partial charge in [0.25, 0.3) is 0 Å². The Hall–Kier alpha value is -0.670. The highest BCUT2D eigenvalue weighted by Gasteiger charge is 2.04. The smallest absolute Gasteiger partial charge is 0.339 e. The number of aromatic nitrogens is 1. The highest BCUT2D eigenvalue weighted by Crippen LogP contribution is 2.61. The summed E-state index contributed by atoms with van der Waals surface area (Å²) in [5.41, 5.74) is 1.67. The lowest BCUT2D eigenvalue weighted by Crippen LogP contribution is -2.03. The fourth-order valence-electron chi connectivity index (χ4n) is 1.56. The Morgan fingerprint density at radius 3 is 2.21 bits per heavy atom. The molecule has 0 aliphatic carbocycles. The molecular formula is C11H11Cl3NO3P. The zero-order valence-corrected chi connectivity index (χ0v) is 13.3. The molecule has 0 atom stereocenters. The Morgan fingerprint density at radius 2 is 1.68 bits per heavy atom. The highest BCUT2D eigenvalue weighted by molar-refractivity contribution is 8.24. The lowest BCUT2D eigenvalue weighted by Gasteiger charge is -2.07. The summed E-state index contributed by atoms with van der Waals surface area (Å²) in [6.45, 7) is 1.95. The first-order valence-electron chi connectivity index (χ1n) is 5.08. The van der Waals surface area contributed by atoms with Crippen molar-refractivity contribution in [1.29, 1.82) is 0 Å². The summed E-state index contributed by atoms with van der Waals surface area (Å²) in [4.78, 5) is 13.9. The van der Waals surface area contributed by atoms with Crippen LogP contribution in [0.3, 0.4) is 0 Å². The molecule has 1 N–H and O–H groups in total. The SMILES string of the molecule is COc1c(C)ccc2ccc(=O)[nH]c12.O=P(Cl)(Cl)Cl. The summed E-state index contributed by atoms with van der Waals surface area (Å²) < 4.78 is 14.8. The molecule has 0 amide bonds. The molecule has 1 aromatic heterocycles. The van der Waals surface area contributed by atoms with Crippen LogP contribution in [0.1, 0.15) is 5.56 Å². The molecular weight excluding hydrogens is 331 g/mol. The highest BCUT2D eigenvalue weighted by atomic mass is 36.0. The Balaban J connectivity index is 0.000000312. The average molecular weight is 343 g/mol. The molecule has 0 spiro atoms. The standard InChI is InChI=1S/C11H11NO2.Cl3OP/c1-7-3-4-8-5-6-9(13)12-10(8)11(7)14-2;1-5(2,3)4/h3-6H,1-2H3,(H,12,13);. The Bertz CT molecular complexity index is 672. The van der Waals surface area contributed by atoms with Crippen molar-refractivity contribution < 1.29 is 9.30 Å². The maximum absolute atomic E-state index is 11.2. The molecule has 1 heterocycles. The van der Waals surface area contributed by atoms with Crippen LogP contribution < -0.4 is 10.3 Å². The number of fused-ring (bicyclic) bond motifs is 1. The molecule has 8 heteroatoms. The molecule has 0 aliphatic heterocycles. The summed E-state index contributed by atoms with van der Waals surface area (Å²) >= 11 is 13.8. The molecule has 4 nitrogen and oxygen atoms in total. The van der Waals surface area contributed by atoms with Gasteiger partial charge in [-0.1, -0.05) is 12.1 Å². The fourth-order valence-corrected chi connectivity index (χ4v) is 1.56. The van der Waals surface area contributed by atoms with Gasteiger partial charge in [-0.3, -0.25) is 9.36 Å². The second kappa shape index (κ2) is 6.67. The monoisotopic (exact) mass is 341 g/mol. The Morgan fingerprint density at radius 1 is 1.16 bits per heavy atom. The van der Waals surface area contributed by atoms with Crippen molar-refractivity contribution in [2.45, 2.75) is 6.92 Å². The maximum Gasteiger partial charge on any atom is 0.339 e.